The van der Waals surface area contributed by atoms with Crippen molar-refractivity contribution in [1.29, 1.82) is 0 Å². The van der Waals surface area contributed by atoms with Crippen LogP contribution >= 0.6 is 0 Å². The molecular weight excluding hydrogens is 357 g/mol. The number of carbonyl (C=O) groups excluding carboxylic acids is 1. The molecule has 140 valence electrons. The normalized spacial score (nSPS) is 21.0. The second-order valence-electron chi connectivity index (χ2n) is 6.63. The molecule has 2 atom stereocenters. The van der Waals surface area contributed by atoms with Crippen molar-refractivity contribution in [2.24, 2.45) is 5.92 Å². The highest BCUT2D eigenvalue weighted by Crippen LogP contribution is 2.28. The first kappa shape index (κ1) is 17.9. The molecule has 1 amide bonds. The number of halogens is 1. The van der Waals surface area contributed by atoms with E-state index in [1.165, 1.54) is 18.2 Å². The van der Waals surface area contributed by atoms with Gasteiger partial charge in [0.2, 0.25) is 0 Å². The summed E-state index contributed by atoms with van der Waals surface area (Å²) in [5, 5.41) is 21.3. The van der Waals surface area contributed by atoms with Crippen molar-refractivity contribution in [3.63, 3.8) is 0 Å². The lowest BCUT2D eigenvalue weighted by Crippen LogP contribution is -2.52. The largest absolute Gasteiger partial charge is 0.367 e. The summed E-state index contributed by atoms with van der Waals surface area (Å²) in [6, 6.07) is 11.1. The molecule has 0 spiro atoms. The van der Waals surface area contributed by atoms with E-state index < -0.39 is 17.6 Å². The molecule has 6 heteroatoms. The molecule has 5 nitrogen and oxygen atoms in total. The third-order valence-corrected chi connectivity index (χ3v) is 4.78. The molecule has 1 aliphatic rings. The van der Waals surface area contributed by atoms with Crippen LogP contribution in [0.15, 0.2) is 79.4 Å². The number of nitrogens with one attached hydrogen (secondary N) is 2. The van der Waals surface area contributed by atoms with E-state index >= 15 is 0 Å². The number of benzene rings is 2. The maximum absolute atomic E-state index is 13.6. The van der Waals surface area contributed by atoms with Gasteiger partial charge >= 0.3 is 0 Å². The van der Waals surface area contributed by atoms with E-state index in [0.29, 0.717) is 22.2 Å². The minimum absolute atomic E-state index is 0.353. The fraction of sp³-hybridized carbons (Fsp3) is 0.0909. The summed E-state index contributed by atoms with van der Waals surface area (Å²) in [7, 11) is 0. The Labute approximate surface area is 160 Å². The summed E-state index contributed by atoms with van der Waals surface area (Å²) in [5.41, 5.74) is 0.677. The molecule has 0 aliphatic heterocycles. The quantitative estimate of drug-likeness (QED) is 0.480. The molecule has 0 radical (unpaired) electrons. The summed E-state index contributed by atoms with van der Waals surface area (Å²) in [6.45, 7) is 3.71. The number of fused-ring (bicyclic) bond motifs is 1. The Morgan fingerprint density at radius 2 is 2.14 bits per heavy atom. The van der Waals surface area contributed by atoms with Crippen LogP contribution in [0.3, 0.4) is 0 Å². The average Bonchev–Trinajstić information content (AvgIpc) is 3.11. The summed E-state index contributed by atoms with van der Waals surface area (Å²) >= 11 is 0. The Balaban J connectivity index is 1.69. The van der Waals surface area contributed by atoms with E-state index in [1.807, 2.05) is 0 Å². The lowest BCUT2D eigenvalue weighted by atomic mass is 9.91. The molecule has 2 aromatic carbocycles. The van der Waals surface area contributed by atoms with Crippen molar-refractivity contribution < 1.29 is 14.3 Å². The number of hydrogen-bond acceptors (Lipinski definition) is 3. The number of nitrogens with zero attached hydrogens (tertiary/aromatic N) is 1. The van der Waals surface area contributed by atoms with Crippen LogP contribution in [0.4, 0.5) is 4.39 Å². The van der Waals surface area contributed by atoms with Crippen molar-refractivity contribution in [2.45, 2.75) is 5.72 Å². The average molecular weight is 375 g/mol. The molecule has 1 aliphatic carbocycles. The van der Waals surface area contributed by atoms with Crippen LogP contribution in [-0.4, -0.2) is 26.9 Å². The Hall–Kier alpha value is -3.51. The Kier molecular flexibility index (Phi) is 4.41. The van der Waals surface area contributed by atoms with E-state index in [2.05, 4.69) is 22.1 Å². The van der Waals surface area contributed by atoms with Crippen molar-refractivity contribution in [3.05, 3.63) is 90.8 Å². The number of carbonyl (C=O) groups is 1. The van der Waals surface area contributed by atoms with Gasteiger partial charge in [0.1, 0.15) is 11.5 Å². The fourth-order valence-corrected chi connectivity index (χ4v) is 3.29. The summed E-state index contributed by atoms with van der Waals surface area (Å²) < 4.78 is 13.6. The number of allylic oxidation sites excluding steroid dienone is 2. The van der Waals surface area contributed by atoms with Gasteiger partial charge in [0.25, 0.3) is 5.91 Å². The fourth-order valence-electron chi connectivity index (χ4n) is 3.29. The smallest absolute Gasteiger partial charge is 0.253 e. The Morgan fingerprint density at radius 1 is 1.29 bits per heavy atom. The monoisotopic (exact) mass is 375 g/mol. The van der Waals surface area contributed by atoms with Gasteiger partial charge in [-0.3, -0.25) is 9.89 Å². The number of rotatable bonds is 4. The molecule has 4 rings (SSSR count). The molecule has 3 N–H and O–H groups in total. The molecular formula is C22H18FN3O2. The Morgan fingerprint density at radius 3 is 2.93 bits per heavy atom. The van der Waals surface area contributed by atoms with Gasteiger partial charge in [0.15, 0.2) is 5.72 Å². The minimum Gasteiger partial charge on any atom is -0.367 e. The second kappa shape index (κ2) is 6.90. The lowest BCUT2D eigenvalue weighted by Gasteiger charge is -2.32. The first-order chi connectivity index (χ1) is 13.5. The zero-order valence-corrected chi connectivity index (χ0v) is 14.9. The third-order valence-electron chi connectivity index (χ3n) is 4.78. The molecule has 1 aromatic heterocycles. The van der Waals surface area contributed by atoms with Gasteiger partial charge in [0.05, 0.1) is 5.52 Å². The predicted molar refractivity (Wildman–Crippen MR) is 106 cm³/mol. The molecule has 0 bridgehead atoms. The first-order valence-corrected chi connectivity index (χ1v) is 8.78. The van der Waals surface area contributed by atoms with Gasteiger partial charge in [-0.05, 0) is 36.4 Å². The highest BCUT2D eigenvalue weighted by molar-refractivity contribution is 6.01. The van der Waals surface area contributed by atoms with Gasteiger partial charge in [-0.15, -0.1) is 6.58 Å². The Bertz CT molecular complexity index is 1130. The predicted octanol–water partition coefficient (Wildman–Crippen LogP) is 3.72. The van der Waals surface area contributed by atoms with Crippen molar-refractivity contribution in [2.75, 3.05) is 0 Å². The van der Waals surface area contributed by atoms with Gasteiger partial charge in [-0.25, -0.2) is 4.39 Å². The van der Waals surface area contributed by atoms with Crippen LogP contribution in [0.25, 0.3) is 22.2 Å². The number of aliphatic hydroxyl groups is 1. The van der Waals surface area contributed by atoms with E-state index in [1.54, 1.807) is 54.6 Å². The van der Waals surface area contributed by atoms with Gasteiger partial charge in [0, 0.05) is 22.4 Å². The van der Waals surface area contributed by atoms with E-state index in [9.17, 15) is 14.3 Å². The van der Waals surface area contributed by atoms with E-state index in [0.717, 1.165) is 5.52 Å². The molecule has 0 fully saturated rings. The highest BCUT2D eigenvalue weighted by Gasteiger charge is 2.34. The maximum Gasteiger partial charge on any atom is 0.253 e. The van der Waals surface area contributed by atoms with Crippen molar-refractivity contribution in [3.8, 4) is 11.3 Å². The molecule has 2 unspecified atom stereocenters. The third kappa shape index (κ3) is 3.14. The standard InChI is InChI=1S/C22H18FN3O2/c1-2-16-7-3-4-11-22(16,28)24-21(27)15-9-10-19-18(13-15)20(26-25-19)14-6-5-8-17(23)12-14/h2-13,16,28H,1H2,(H,24,27)(H,25,26). The van der Waals surface area contributed by atoms with Gasteiger partial charge in [-0.1, -0.05) is 36.4 Å². The van der Waals surface area contributed by atoms with E-state index in [4.69, 9.17) is 0 Å². The summed E-state index contributed by atoms with van der Waals surface area (Å²) in [6.07, 6.45) is 8.30. The number of aromatic nitrogens is 2. The number of aromatic amines is 1. The van der Waals surface area contributed by atoms with Crippen LogP contribution < -0.4 is 5.32 Å². The van der Waals surface area contributed by atoms with Crippen molar-refractivity contribution >= 4 is 16.8 Å². The van der Waals surface area contributed by atoms with Crippen LogP contribution in [0, 0.1) is 11.7 Å². The lowest BCUT2D eigenvalue weighted by molar-refractivity contribution is 0.0264. The molecule has 28 heavy (non-hydrogen) atoms. The second-order valence-corrected chi connectivity index (χ2v) is 6.63. The molecule has 0 saturated carbocycles. The summed E-state index contributed by atoms with van der Waals surface area (Å²) in [4.78, 5) is 12.8. The number of amides is 1. The van der Waals surface area contributed by atoms with Crippen LogP contribution in [0.1, 0.15) is 10.4 Å². The van der Waals surface area contributed by atoms with Gasteiger partial charge < -0.3 is 10.4 Å². The van der Waals surface area contributed by atoms with E-state index in [-0.39, 0.29) is 5.82 Å². The number of hydrogen-bond donors (Lipinski definition) is 3. The molecule has 0 saturated heterocycles. The zero-order valence-electron chi connectivity index (χ0n) is 14.9. The van der Waals surface area contributed by atoms with Crippen LogP contribution in [0.2, 0.25) is 0 Å². The van der Waals surface area contributed by atoms with Crippen LogP contribution in [0.5, 0.6) is 0 Å². The van der Waals surface area contributed by atoms with Crippen LogP contribution in [-0.2, 0) is 0 Å². The highest BCUT2D eigenvalue weighted by atomic mass is 19.1. The molecule has 1 heterocycles. The first-order valence-electron chi connectivity index (χ1n) is 8.78. The number of H-pyrrole nitrogens is 1. The minimum atomic E-state index is -1.55. The topological polar surface area (TPSA) is 78.0 Å². The zero-order chi connectivity index (χ0) is 19.7. The summed E-state index contributed by atoms with van der Waals surface area (Å²) in [5.74, 6) is -1.25. The SMILES string of the molecule is C=CC1C=CC=CC1(O)NC(=O)c1ccc2[nH]nc(-c3cccc(F)c3)c2c1. The van der Waals surface area contributed by atoms with Gasteiger partial charge in [-0.2, -0.15) is 5.10 Å². The van der Waals surface area contributed by atoms with Crippen molar-refractivity contribution in [1.82, 2.24) is 15.5 Å². The maximum atomic E-state index is 13.6. The molecule has 3 aromatic rings.